The zero-order chi connectivity index (χ0) is 9.84. The highest BCUT2D eigenvalue weighted by molar-refractivity contribution is 6.01. The molecule has 1 N–H and O–H groups in total. The summed E-state index contributed by atoms with van der Waals surface area (Å²) in [7, 11) is 0. The Kier molecular flexibility index (Phi) is 3.42. The second-order valence-electron chi connectivity index (χ2n) is 3.23. The molecule has 1 atom stereocenters. The fraction of sp³-hybridized carbons (Fsp3) is 0.778. The van der Waals surface area contributed by atoms with Crippen LogP contribution < -0.4 is 5.32 Å². The molecule has 1 unspecified atom stereocenters. The Hall–Kier alpha value is -0.900. The van der Waals surface area contributed by atoms with E-state index in [4.69, 9.17) is 0 Å². The molecule has 1 saturated heterocycles. The first-order valence-electron chi connectivity index (χ1n) is 4.78. The third-order valence-corrected chi connectivity index (χ3v) is 2.22. The molecule has 0 radical (unpaired) electrons. The highest BCUT2D eigenvalue weighted by atomic mass is 16.2. The molecule has 0 aromatic carbocycles. The van der Waals surface area contributed by atoms with Gasteiger partial charge in [0.15, 0.2) is 0 Å². The molecule has 0 aromatic rings. The SMILES string of the molecule is CCCN1C(=O)CNC(CC)C1=O. The van der Waals surface area contributed by atoms with E-state index in [1.165, 1.54) is 4.90 Å². The average Bonchev–Trinajstić information content (AvgIpc) is 2.12. The zero-order valence-corrected chi connectivity index (χ0v) is 8.17. The number of nitrogens with zero attached hydrogens (tertiary/aromatic N) is 1. The molecule has 1 fully saturated rings. The van der Waals surface area contributed by atoms with Crippen molar-refractivity contribution >= 4 is 11.8 Å². The quantitative estimate of drug-likeness (QED) is 0.634. The van der Waals surface area contributed by atoms with E-state index in [9.17, 15) is 9.59 Å². The Bertz CT molecular complexity index is 216. The number of carbonyl (C=O) groups excluding carboxylic acids is 2. The van der Waals surface area contributed by atoms with Crippen molar-refractivity contribution < 1.29 is 9.59 Å². The average molecular weight is 184 g/mol. The monoisotopic (exact) mass is 184 g/mol. The Labute approximate surface area is 78.3 Å². The van der Waals surface area contributed by atoms with Crippen molar-refractivity contribution in [3.8, 4) is 0 Å². The molecule has 13 heavy (non-hydrogen) atoms. The molecule has 0 aromatic heterocycles. The van der Waals surface area contributed by atoms with Crippen LogP contribution in [-0.2, 0) is 9.59 Å². The number of carbonyl (C=O) groups is 2. The predicted molar refractivity (Wildman–Crippen MR) is 49.1 cm³/mol. The van der Waals surface area contributed by atoms with Crippen LogP contribution in [0.5, 0.6) is 0 Å². The highest BCUT2D eigenvalue weighted by Crippen LogP contribution is 2.06. The van der Waals surface area contributed by atoms with Gasteiger partial charge in [0, 0.05) is 6.54 Å². The lowest BCUT2D eigenvalue weighted by Gasteiger charge is -2.30. The molecule has 1 aliphatic heterocycles. The van der Waals surface area contributed by atoms with Crippen molar-refractivity contribution in [2.24, 2.45) is 0 Å². The van der Waals surface area contributed by atoms with E-state index < -0.39 is 0 Å². The Morgan fingerprint density at radius 2 is 2.15 bits per heavy atom. The summed E-state index contributed by atoms with van der Waals surface area (Å²) in [4.78, 5) is 24.3. The third-order valence-electron chi connectivity index (χ3n) is 2.22. The minimum absolute atomic E-state index is 0.0689. The van der Waals surface area contributed by atoms with Crippen LogP contribution in [0.1, 0.15) is 26.7 Å². The first-order valence-corrected chi connectivity index (χ1v) is 4.78. The summed E-state index contributed by atoms with van der Waals surface area (Å²) in [6, 6.07) is -0.163. The van der Waals surface area contributed by atoms with Crippen molar-refractivity contribution in [3.05, 3.63) is 0 Å². The first kappa shape index (κ1) is 10.2. The van der Waals surface area contributed by atoms with Crippen LogP contribution in [0.3, 0.4) is 0 Å². The molecule has 4 heteroatoms. The van der Waals surface area contributed by atoms with E-state index in [1.54, 1.807) is 0 Å². The van der Waals surface area contributed by atoms with Crippen molar-refractivity contribution in [2.75, 3.05) is 13.1 Å². The molecule has 4 nitrogen and oxygen atoms in total. The number of piperazine rings is 1. The van der Waals surface area contributed by atoms with E-state index in [2.05, 4.69) is 5.32 Å². The fourth-order valence-electron chi connectivity index (χ4n) is 1.48. The molecule has 0 aliphatic carbocycles. The van der Waals surface area contributed by atoms with Gasteiger partial charge in [-0.3, -0.25) is 19.8 Å². The minimum atomic E-state index is -0.163. The van der Waals surface area contributed by atoms with Crippen LogP contribution >= 0.6 is 0 Å². The van der Waals surface area contributed by atoms with Crippen molar-refractivity contribution in [1.29, 1.82) is 0 Å². The summed E-state index contributed by atoms with van der Waals surface area (Å²) in [5.74, 6) is -0.169. The molecule has 2 amide bonds. The second kappa shape index (κ2) is 4.37. The molecule has 0 spiro atoms. The van der Waals surface area contributed by atoms with E-state index >= 15 is 0 Å². The maximum atomic E-state index is 11.6. The summed E-state index contributed by atoms with van der Waals surface area (Å²) >= 11 is 0. The predicted octanol–water partition coefficient (Wildman–Crippen LogP) is 0.133. The van der Waals surface area contributed by atoms with Gasteiger partial charge in [-0.2, -0.15) is 0 Å². The van der Waals surface area contributed by atoms with E-state index in [-0.39, 0.29) is 17.9 Å². The number of amides is 2. The van der Waals surface area contributed by atoms with Crippen LogP contribution in [-0.4, -0.2) is 35.8 Å². The van der Waals surface area contributed by atoms with Gasteiger partial charge in [-0.1, -0.05) is 13.8 Å². The summed E-state index contributed by atoms with van der Waals surface area (Å²) < 4.78 is 0. The summed E-state index contributed by atoms with van der Waals surface area (Å²) in [6.07, 6.45) is 1.57. The molecular weight excluding hydrogens is 168 g/mol. The summed E-state index contributed by atoms with van der Waals surface area (Å²) in [5.41, 5.74) is 0. The number of rotatable bonds is 3. The summed E-state index contributed by atoms with van der Waals surface area (Å²) in [5, 5.41) is 2.92. The second-order valence-corrected chi connectivity index (χ2v) is 3.23. The number of nitrogens with one attached hydrogen (secondary N) is 1. The Morgan fingerprint density at radius 1 is 1.46 bits per heavy atom. The van der Waals surface area contributed by atoms with Gasteiger partial charge in [0.25, 0.3) is 0 Å². The molecule has 74 valence electrons. The van der Waals surface area contributed by atoms with Gasteiger partial charge in [0.05, 0.1) is 12.6 Å². The van der Waals surface area contributed by atoms with Gasteiger partial charge < -0.3 is 0 Å². The van der Waals surface area contributed by atoms with Gasteiger partial charge in [0.2, 0.25) is 11.8 Å². The van der Waals surface area contributed by atoms with Crippen molar-refractivity contribution in [2.45, 2.75) is 32.7 Å². The van der Waals surface area contributed by atoms with Gasteiger partial charge in [0.1, 0.15) is 0 Å². The molecule has 1 rings (SSSR count). The molecule has 1 aliphatic rings. The van der Waals surface area contributed by atoms with Crippen LogP contribution in [0, 0.1) is 0 Å². The standard InChI is InChI=1S/C9H16N2O2/c1-3-5-11-8(12)6-10-7(4-2)9(11)13/h7,10H,3-6H2,1-2H3. The maximum Gasteiger partial charge on any atom is 0.246 e. The minimum Gasteiger partial charge on any atom is -0.297 e. The number of hydrogen-bond acceptors (Lipinski definition) is 3. The highest BCUT2D eigenvalue weighted by Gasteiger charge is 2.31. The first-order chi connectivity index (χ1) is 6.20. The lowest BCUT2D eigenvalue weighted by Crippen LogP contribution is -2.57. The smallest absolute Gasteiger partial charge is 0.246 e. The van der Waals surface area contributed by atoms with E-state index in [0.29, 0.717) is 13.1 Å². The van der Waals surface area contributed by atoms with Crippen LogP contribution in [0.25, 0.3) is 0 Å². The number of imide groups is 1. The fourth-order valence-corrected chi connectivity index (χ4v) is 1.48. The normalized spacial score (nSPS) is 23.8. The Balaban J connectivity index is 2.66. The van der Waals surface area contributed by atoms with E-state index in [1.807, 2.05) is 13.8 Å². The maximum absolute atomic E-state index is 11.6. The van der Waals surface area contributed by atoms with Crippen LogP contribution in [0.15, 0.2) is 0 Å². The topological polar surface area (TPSA) is 49.4 Å². The Morgan fingerprint density at radius 3 is 2.69 bits per heavy atom. The van der Waals surface area contributed by atoms with Gasteiger partial charge >= 0.3 is 0 Å². The van der Waals surface area contributed by atoms with Crippen molar-refractivity contribution in [1.82, 2.24) is 10.2 Å². The number of hydrogen-bond donors (Lipinski definition) is 1. The van der Waals surface area contributed by atoms with Crippen LogP contribution in [0.2, 0.25) is 0 Å². The summed E-state index contributed by atoms with van der Waals surface area (Å²) in [6.45, 7) is 4.75. The third kappa shape index (κ3) is 2.06. The van der Waals surface area contributed by atoms with Gasteiger partial charge in [-0.25, -0.2) is 0 Å². The molecule has 0 bridgehead atoms. The van der Waals surface area contributed by atoms with E-state index in [0.717, 1.165) is 12.8 Å². The molecule has 0 saturated carbocycles. The van der Waals surface area contributed by atoms with Gasteiger partial charge in [-0.15, -0.1) is 0 Å². The molecular formula is C9H16N2O2. The largest absolute Gasteiger partial charge is 0.297 e. The molecule has 1 heterocycles. The van der Waals surface area contributed by atoms with Crippen LogP contribution in [0.4, 0.5) is 0 Å². The zero-order valence-electron chi connectivity index (χ0n) is 8.17. The van der Waals surface area contributed by atoms with Gasteiger partial charge in [-0.05, 0) is 12.8 Å². The lowest BCUT2D eigenvalue weighted by atomic mass is 10.1. The van der Waals surface area contributed by atoms with Crippen molar-refractivity contribution in [3.63, 3.8) is 0 Å². The lowest BCUT2D eigenvalue weighted by molar-refractivity contribution is -0.149.